The minimum Gasteiger partial charge on any atom is -0.365 e. The SMILES string of the molecule is CCCCNC(=O)N1CCn2nc(-c3ccc(F)c(Cl)c3)c(C(N)=O)c2C1.COC(F)F. The van der Waals surface area contributed by atoms with E-state index < -0.39 is 18.3 Å². The summed E-state index contributed by atoms with van der Waals surface area (Å²) in [6.45, 7) is 1.16. The maximum Gasteiger partial charge on any atom is 0.345 e. The highest BCUT2D eigenvalue weighted by Gasteiger charge is 2.29. The lowest BCUT2D eigenvalue weighted by Crippen LogP contribution is -2.44. The van der Waals surface area contributed by atoms with Gasteiger partial charge in [0, 0.05) is 25.8 Å². The van der Waals surface area contributed by atoms with Gasteiger partial charge >= 0.3 is 12.6 Å². The number of aromatic nitrogens is 2. The van der Waals surface area contributed by atoms with Crippen molar-refractivity contribution in [3.05, 3.63) is 40.3 Å². The molecule has 0 spiro atoms. The van der Waals surface area contributed by atoms with Crippen LogP contribution in [0.5, 0.6) is 0 Å². The van der Waals surface area contributed by atoms with Gasteiger partial charge in [-0.25, -0.2) is 9.18 Å². The number of benzene rings is 1. The summed E-state index contributed by atoms with van der Waals surface area (Å²) in [5, 5.41) is 7.26. The third kappa shape index (κ3) is 6.36. The molecule has 0 unspecified atom stereocenters. The van der Waals surface area contributed by atoms with E-state index in [1.54, 1.807) is 9.58 Å². The maximum absolute atomic E-state index is 13.5. The van der Waals surface area contributed by atoms with Crippen LogP contribution in [0, 0.1) is 5.82 Å². The molecule has 0 bridgehead atoms. The number of nitrogens with two attached hydrogens (primary N) is 1. The predicted molar refractivity (Wildman–Crippen MR) is 113 cm³/mol. The van der Waals surface area contributed by atoms with Crippen LogP contribution in [0.15, 0.2) is 18.2 Å². The number of ether oxygens (including phenoxy) is 1. The predicted octanol–water partition coefficient (Wildman–Crippen LogP) is 3.62. The van der Waals surface area contributed by atoms with Crippen LogP contribution in [-0.2, 0) is 17.8 Å². The first-order valence-electron chi connectivity index (χ1n) is 9.88. The number of hydrogen-bond donors (Lipinski definition) is 2. The van der Waals surface area contributed by atoms with Gasteiger partial charge in [0.15, 0.2) is 0 Å². The van der Waals surface area contributed by atoms with Gasteiger partial charge in [0.05, 0.1) is 29.4 Å². The molecule has 3 amide bonds. The average Bonchev–Trinajstić information content (AvgIpc) is 3.15. The van der Waals surface area contributed by atoms with Gasteiger partial charge in [-0.15, -0.1) is 0 Å². The smallest absolute Gasteiger partial charge is 0.345 e. The van der Waals surface area contributed by atoms with Crippen molar-refractivity contribution in [1.29, 1.82) is 0 Å². The zero-order valence-electron chi connectivity index (χ0n) is 17.7. The lowest BCUT2D eigenvalue weighted by molar-refractivity contribution is -0.105. The Hall–Kier alpha value is -2.79. The Bertz CT molecular complexity index is 955. The number of urea groups is 1. The zero-order valence-corrected chi connectivity index (χ0v) is 18.5. The third-order valence-corrected chi connectivity index (χ3v) is 4.98. The average molecular weight is 476 g/mol. The molecule has 0 fully saturated rings. The van der Waals surface area contributed by atoms with Crippen molar-refractivity contribution in [2.75, 3.05) is 20.2 Å². The molecule has 1 aromatic carbocycles. The second-order valence-corrected chi connectivity index (χ2v) is 7.30. The van der Waals surface area contributed by atoms with E-state index in [0.717, 1.165) is 20.0 Å². The monoisotopic (exact) mass is 475 g/mol. The van der Waals surface area contributed by atoms with E-state index in [0.29, 0.717) is 36.6 Å². The molecule has 8 nitrogen and oxygen atoms in total. The first kappa shape index (κ1) is 25.5. The number of nitrogens with one attached hydrogen (secondary N) is 1. The number of unbranched alkanes of at least 4 members (excludes halogenated alkanes) is 1. The Kier molecular flexibility index (Phi) is 9.33. The highest BCUT2D eigenvalue weighted by Crippen LogP contribution is 2.30. The third-order valence-electron chi connectivity index (χ3n) is 4.69. The highest BCUT2D eigenvalue weighted by molar-refractivity contribution is 6.31. The van der Waals surface area contributed by atoms with Gasteiger partial charge in [0.25, 0.3) is 5.91 Å². The van der Waals surface area contributed by atoms with E-state index in [9.17, 15) is 22.8 Å². The Morgan fingerprint density at radius 1 is 1.34 bits per heavy atom. The number of primary amides is 1. The number of nitrogens with zero attached hydrogens (tertiary/aromatic N) is 3. The summed E-state index contributed by atoms with van der Waals surface area (Å²) in [7, 11) is 0.949. The molecular formula is C20H25ClF3N5O3. The standard InChI is InChI=1S/C18H21ClFN5O2.C2H4F2O/c1-2-3-6-22-18(27)24-7-8-25-14(10-24)15(17(21)26)16(23-25)11-4-5-13(20)12(19)9-11;1-5-2(3)4/h4-5,9H,2-3,6-8,10H2,1H3,(H2,21,26)(H,22,27);2H,1H3. The summed E-state index contributed by atoms with van der Waals surface area (Å²) < 4.78 is 39.6. The van der Waals surface area contributed by atoms with Crippen LogP contribution in [0.1, 0.15) is 35.8 Å². The van der Waals surface area contributed by atoms with E-state index in [4.69, 9.17) is 17.3 Å². The van der Waals surface area contributed by atoms with E-state index in [1.165, 1.54) is 18.2 Å². The molecule has 3 rings (SSSR count). The summed E-state index contributed by atoms with van der Waals surface area (Å²) >= 11 is 5.86. The van der Waals surface area contributed by atoms with Crippen LogP contribution in [0.2, 0.25) is 5.02 Å². The molecule has 0 radical (unpaired) electrons. The van der Waals surface area contributed by atoms with Crippen LogP contribution in [0.4, 0.5) is 18.0 Å². The van der Waals surface area contributed by atoms with Gasteiger partial charge in [0.1, 0.15) is 11.5 Å². The number of hydrogen-bond acceptors (Lipinski definition) is 4. The van der Waals surface area contributed by atoms with Gasteiger partial charge in [-0.1, -0.05) is 24.9 Å². The second kappa shape index (κ2) is 11.7. The Morgan fingerprint density at radius 2 is 2.03 bits per heavy atom. The van der Waals surface area contributed by atoms with Gasteiger partial charge in [-0.3, -0.25) is 9.48 Å². The molecule has 1 aliphatic rings. The summed E-state index contributed by atoms with van der Waals surface area (Å²) in [4.78, 5) is 26.1. The number of halogens is 4. The van der Waals surface area contributed by atoms with E-state index in [1.807, 2.05) is 6.92 Å². The van der Waals surface area contributed by atoms with Crippen LogP contribution in [0.3, 0.4) is 0 Å². The fraction of sp³-hybridized carbons (Fsp3) is 0.450. The van der Waals surface area contributed by atoms with Crippen molar-refractivity contribution in [3.63, 3.8) is 0 Å². The van der Waals surface area contributed by atoms with E-state index in [2.05, 4.69) is 15.2 Å². The first-order valence-corrected chi connectivity index (χ1v) is 10.3. The number of amides is 3. The van der Waals surface area contributed by atoms with Crippen LogP contribution in [-0.4, -0.2) is 53.4 Å². The lowest BCUT2D eigenvalue weighted by atomic mass is 10.0. The number of carbonyl (C=O) groups is 2. The van der Waals surface area contributed by atoms with Crippen LogP contribution >= 0.6 is 11.6 Å². The molecule has 176 valence electrons. The summed E-state index contributed by atoms with van der Waals surface area (Å²) in [6.07, 6.45) is 1.89. The number of carbonyl (C=O) groups excluding carboxylic acids is 2. The van der Waals surface area contributed by atoms with Gasteiger partial charge < -0.3 is 20.7 Å². The molecule has 0 atom stereocenters. The number of methoxy groups -OCH3 is 1. The van der Waals surface area contributed by atoms with Crippen LogP contribution < -0.4 is 11.1 Å². The number of alkyl halides is 2. The van der Waals surface area contributed by atoms with Gasteiger partial charge in [-0.2, -0.15) is 13.9 Å². The van der Waals surface area contributed by atoms with Crippen molar-refractivity contribution in [3.8, 4) is 11.3 Å². The van der Waals surface area contributed by atoms with Gasteiger partial charge in [-0.05, 0) is 24.6 Å². The summed E-state index contributed by atoms with van der Waals surface area (Å²) in [5.41, 5.74) is 7.22. The molecule has 2 aromatic rings. The maximum atomic E-state index is 13.5. The van der Waals surface area contributed by atoms with Crippen LogP contribution in [0.25, 0.3) is 11.3 Å². The normalized spacial score (nSPS) is 12.8. The highest BCUT2D eigenvalue weighted by atomic mass is 35.5. The molecule has 2 heterocycles. The van der Waals surface area contributed by atoms with Crippen molar-refractivity contribution < 1.29 is 27.5 Å². The zero-order chi connectivity index (χ0) is 23.8. The largest absolute Gasteiger partial charge is 0.365 e. The molecule has 32 heavy (non-hydrogen) atoms. The Morgan fingerprint density at radius 3 is 2.59 bits per heavy atom. The molecule has 0 saturated heterocycles. The fourth-order valence-corrected chi connectivity index (χ4v) is 3.26. The minimum atomic E-state index is -2.62. The number of rotatable bonds is 6. The molecule has 1 aromatic heterocycles. The molecule has 12 heteroatoms. The summed E-state index contributed by atoms with van der Waals surface area (Å²) in [5.74, 6) is -1.21. The van der Waals surface area contributed by atoms with Crippen molar-refractivity contribution in [1.82, 2.24) is 20.0 Å². The minimum absolute atomic E-state index is 0.0641. The molecular weight excluding hydrogens is 451 g/mol. The van der Waals surface area contributed by atoms with Gasteiger partial charge in [0.2, 0.25) is 0 Å². The lowest BCUT2D eigenvalue weighted by Gasteiger charge is -2.28. The molecule has 0 saturated carbocycles. The molecule has 1 aliphatic heterocycles. The van der Waals surface area contributed by atoms with Crippen molar-refractivity contribution in [2.45, 2.75) is 39.5 Å². The molecule has 0 aliphatic carbocycles. The Labute approximate surface area is 188 Å². The Balaban J connectivity index is 0.000000654. The molecule has 3 N–H and O–H groups in total. The first-order chi connectivity index (χ1) is 15.2. The summed E-state index contributed by atoms with van der Waals surface area (Å²) in [6, 6.07) is 3.94. The second-order valence-electron chi connectivity index (χ2n) is 6.89. The number of fused-ring (bicyclic) bond motifs is 1. The topological polar surface area (TPSA) is 102 Å². The van der Waals surface area contributed by atoms with E-state index in [-0.39, 0.29) is 23.2 Å². The quantitative estimate of drug-likeness (QED) is 0.623. The van der Waals surface area contributed by atoms with Crippen molar-refractivity contribution in [2.24, 2.45) is 5.73 Å². The van der Waals surface area contributed by atoms with Crippen molar-refractivity contribution >= 4 is 23.5 Å². The fourth-order valence-electron chi connectivity index (χ4n) is 3.08. The van der Waals surface area contributed by atoms with E-state index >= 15 is 0 Å².